The first-order valence-corrected chi connectivity index (χ1v) is 19.2. The van der Waals surface area contributed by atoms with Gasteiger partial charge in [0.25, 0.3) is 0 Å². The van der Waals surface area contributed by atoms with Crippen LogP contribution in [0.4, 0.5) is 0 Å². The van der Waals surface area contributed by atoms with Gasteiger partial charge in [-0.25, -0.2) is 4.98 Å². The van der Waals surface area contributed by atoms with Gasteiger partial charge in [-0.1, -0.05) is 164 Å². The van der Waals surface area contributed by atoms with Gasteiger partial charge in [0.2, 0.25) is 0 Å². The highest BCUT2D eigenvalue weighted by molar-refractivity contribution is 6.33. The minimum atomic E-state index is 0.933. The molecule has 56 heavy (non-hydrogen) atoms. The lowest BCUT2D eigenvalue weighted by Gasteiger charge is -2.17. The summed E-state index contributed by atoms with van der Waals surface area (Å²) in [5.41, 5.74) is 8.73. The van der Waals surface area contributed by atoms with Crippen LogP contribution in [-0.2, 0) is 0 Å². The van der Waals surface area contributed by atoms with Gasteiger partial charge >= 0.3 is 0 Å². The standard InChI is InChI=1S/C54H32N2/c1-2-12-43-41(28-27-40(42(43)11-1)33-18-20-34(21-19-33)50-29-26-37-24-23-36-10-8-30-55-53(36)54(37)56-50)39-31-38-25-22-35-9-7-17-48-46-15-5-3-13-44(46)45-14-4-6-16-47(45)49(32-39)52(38)51(35)48/h1-32H. The lowest BCUT2D eigenvalue weighted by atomic mass is 9.87. The molecule has 2 heteroatoms. The third-order valence-electron chi connectivity index (χ3n) is 11.8. The van der Waals surface area contributed by atoms with Crippen LogP contribution in [0, 0.1) is 0 Å². The maximum absolute atomic E-state index is 5.10. The Hall–Kier alpha value is -7.42. The van der Waals surface area contributed by atoms with Crippen molar-refractivity contribution in [1.82, 2.24) is 9.97 Å². The van der Waals surface area contributed by atoms with Gasteiger partial charge in [0.15, 0.2) is 0 Å². The molecule has 0 radical (unpaired) electrons. The van der Waals surface area contributed by atoms with Crippen LogP contribution < -0.4 is 0 Å². The Morgan fingerprint density at radius 1 is 0.286 bits per heavy atom. The van der Waals surface area contributed by atoms with Crippen molar-refractivity contribution in [2.24, 2.45) is 0 Å². The van der Waals surface area contributed by atoms with Gasteiger partial charge in [0.1, 0.15) is 0 Å². The van der Waals surface area contributed by atoms with Crippen LogP contribution in [0.5, 0.6) is 0 Å². The molecule has 258 valence electrons. The summed E-state index contributed by atoms with van der Waals surface area (Å²) < 4.78 is 0. The van der Waals surface area contributed by atoms with Crippen LogP contribution in [0.25, 0.3) is 120 Å². The number of fused-ring (bicyclic) bond motifs is 9. The number of benzene rings is 9. The molecule has 12 aromatic rings. The molecule has 0 saturated heterocycles. The molecule has 0 spiro atoms. The van der Waals surface area contributed by atoms with Crippen molar-refractivity contribution >= 4 is 86.4 Å². The second-order valence-electron chi connectivity index (χ2n) is 14.9. The van der Waals surface area contributed by atoms with Crippen LogP contribution in [0.2, 0.25) is 0 Å². The van der Waals surface area contributed by atoms with Crippen LogP contribution in [0.3, 0.4) is 0 Å². The summed E-state index contributed by atoms with van der Waals surface area (Å²) >= 11 is 0. The maximum Gasteiger partial charge on any atom is 0.0972 e. The molecule has 0 atom stereocenters. The number of nitrogens with zero attached hydrogens (tertiary/aromatic N) is 2. The molecule has 0 saturated carbocycles. The summed E-state index contributed by atoms with van der Waals surface area (Å²) in [7, 11) is 0. The minimum absolute atomic E-state index is 0.933. The van der Waals surface area contributed by atoms with Crippen molar-refractivity contribution in [1.29, 1.82) is 0 Å². The van der Waals surface area contributed by atoms with E-state index in [1.54, 1.807) is 0 Å². The molecule has 12 rings (SSSR count). The van der Waals surface area contributed by atoms with Crippen molar-refractivity contribution in [3.63, 3.8) is 0 Å². The van der Waals surface area contributed by atoms with E-state index in [0.29, 0.717) is 0 Å². The molecule has 0 aliphatic heterocycles. The summed E-state index contributed by atoms with van der Waals surface area (Å²) in [6, 6.07) is 68.9. The Balaban J connectivity index is 1.04. The maximum atomic E-state index is 5.10. The average Bonchev–Trinajstić information content (AvgIpc) is 3.27. The number of hydrogen-bond donors (Lipinski definition) is 0. The van der Waals surface area contributed by atoms with Crippen molar-refractivity contribution in [3.8, 4) is 33.5 Å². The van der Waals surface area contributed by atoms with E-state index in [2.05, 4.69) is 187 Å². The first kappa shape index (κ1) is 31.0. The quantitative estimate of drug-likeness (QED) is 0.171. The Morgan fingerprint density at radius 2 is 0.804 bits per heavy atom. The third kappa shape index (κ3) is 4.63. The summed E-state index contributed by atoms with van der Waals surface area (Å²) in [6.45, 7) is 0. The molecule has 0 fully saturated rings. The molecule has 2 nitrogen and oxygen atoms in total. The van der Waals surface area contributed by atoms with Crippen molar-refractivity contribution in [2.75, 3.05) is 0 Å². The zero-order valence-electron chi connectivity index (χ0n) is 30.4. The Morgan fingerprint density at radius 3 is 1.54 bits per heavy atom. The number of hydrogen-bond acceptors (Lipinski definition) is 2. The first-order chi connectivity index (χ1) is 27.8. The highest BCUT2D eigenvalue weighted by Gasteiger charge is 2.16. The second-order valence-corrected chi connectivity index (χ2v) is 14.9. The van der Waals surface area contributed by atoms with Gasteiger partial charge in [-0.3, -0.25) is 4.98 Å². The molecule has 0 N–H and O–H groups in total. The van der Waals surface area contributed by atoms with Crippen LogP contribution in [0.15, 0.2) is 194 Å². The van der Waals surface area contributed by atoms with Crippen LogP contribution >= 0.6 is 0 Å². The smallest absolute Gasteiger partial charge is 0.0972 e. The van der Waals surface area contributed by atoms with E-state index in [9.17, 15) is 0 Å². The molecular weight excluding hydrogens is 677 g/mol. The lowest BCUT2D eigenvalue weighted by molar-refractivity contribution is 1.37. The molecule has 2 aromatic heterocycles. The molecule has 2 heterocycles. The minimum Gasteiger partial charge on any atom is -0.254 e. The summed E-state index contributed by atoms with van der Waals surface area (Å²) in [4.78, 5) is 9.76. The number of aromatic nitrogens is 2. The number of pyridine rings is 2. The monoisotopic (exact) mass is 708 g/mol. The number of rotatable bonds is 3. The molecule has 0 amide bonds. The van der Waals surface area contributed by atoms with Gasteiger partial charge in [0.05, 0.1) is 16.7 Å². The Kier molecular flexibility index (Phi) is 6.66. The fraction of sp³-hybridized carbons (Fsp3) is 0. The third-order valence-corrected chi connectivity index (χ3v) is 11.8. The largest absolute Gasteiger partial charge is 0.254 e. The molecular formula is C54H32N2. The van der Waals surface area contributed by atoms with E-state index in [0.717, 1.165) is 33.1 Å². The highest BCUT2D eigenvalue weighted by atomic mass is 14.7. The Labute approximate surface area is 322 Å². The predicted molar refractivity (Wildman–Crippen MR) is 238 cm³/mol. The van der Waals surface area contributed by atoms with E-state index < -0.39 is 0 Å². The van der Waals surface area contributed by atoms with Crippen molar-refractivity contribution in [3.05, 3.63) is 194 Å². The SMILES string of the molecule is c1cnc2c(c1)ccc1ccc(-c3ccc(-c4ccc(-c5cc6ccc7cccc8c9ccccc9c9ccccc9c(c5)c6c78)c5ccccc45)cc3)nc12. The predicted octanol–water partition coefficient (Wildman–Crippen LogP) is 14.7. The van der Waals surface area contributed by atoms with Crippen LogP contribution in [-0.4, -0.2) is 9.97 Å². The van der Waals surface area contributed by atoms with Gasteiger partial charge in [0, 0.05) is 22.5 Å². The highest BCUT2D eigenvalue weighted by Crippen LogP contribution is 2.44. The first-order valence-electron chi connectivity index (χ1n) is 19.2. The average molecular weight is 709 g/mol. The molecule has 0 aliphatic rings. The van der Waals surface area contributed by atoms with Crippen LogP contribution in [0.1, 0.15) is 0 Å². The normalized spacial score (nSPS) is 11.9. The zero-order valence-corrected chi connectivity index (χ0v) is 30.4. The van der Waals surface area contributed by atoms with Gasteiger partial charge < -0.3 is 0 Å². The molecule has 10 aromatic carbocycles. The zero-order chi connectivity index (χ0) is 36.7. The van der Waals surface area contributed by atoms with E-state index in [1.165, 1.54) is 86.9 Å². The van der Waals surface area contributed by atoms with E-state index >= 15 is 0 Å². The topological polar surface area (TPSA) is 25.8 Å². The van der Waals surface area contributed by atoms with Crippen molar-refractivity contribution < 1.29 is 0 Å². The van der Waals surface area contributed by atoms with E-state index in [-0.39, 0.29) is 0 Å². The lowest BCUT2D eigenvalue weighted by Crippen LogP contribution is -1.90. The second kappa shape index (κ2) is 12.0. The fourth-order valence-corrected chi connectivity index (χ4v) is 9.25. The van der Waals surface area contributed by atoms with Gasteiger partial charge in [-0.15, -0.1) is 0 Å². The van der Waals surface area contributed by atoms with Gasteiger partial charge in [-0.05, 0) is 111 Å². The Bertz CT molecular complexity index is 3580. The van der Waals surface area contributed by atoms with Gasteiger partial charge in [-0.2, -0.15) is 0 Å². The summed E-state index contributed by atoms with van der Waals surface area (Å²) in [6.07, 6.45) is 1.84. The summed E-state index contributed by atoms with van der Waals surface area (Å²) in [5.74, 6) is 0. The fourth-order valence-electron chi connectivity index (χ4n) is 9.25. The molecule has 0 bridgehead atoms. The molecule has 0 aliphatic carbocycles. The molecule has 0 unspecified atom stereocenters. The van der Waals surface area contributed by atoms with Crippen molar-refractivity contribution in [2.45, 2.75) is 0 Å². The van der Waals surface area contributed by atoms with E-state index in [4.69, 9.17) is 4.98 Å². The van der Waals surface area contributed by atoms with E-state index in [1.807, 2.05) is 12.3 Å². The summed E-state index contributed by atoms with van der Waals surface area (Å²) in [5, 5.41) is 17.5.